The monoisotopic (exact) mass is 318 g/mol. The molecule has 126 valence electrons. The summed E-state index contributed by atoms with van der Waals surface area (Å²) in [6.07, 6.45) is 6.00. The molecular weight excluding hydrogens is 292 g/mol. The average molecular weight is 318 g/mol. The van der Waals surface area contributed by atoms with Gasteiger partial charge in [0.15, 0.2) is 0 Å². The first-order valence-corrected chi connectivity index (χ1v) is 8.32. The summed E-state index contributed by atoms with van der Waals surface area (Å²) >= 11 is 0. The molecule has 2 rings (SSSR count). The maximum absolute atomic E-state index is 12.0. The zero-order valence-corrected chi connectivity index (χ0v) is 13.7. The number of pyridine rings is 1. The van der Waals surface area contributed by atoms with Crippen LogP contribution in [0.5, 0.6) is 0 Å². The Kier molecular flexibility index (Phi) is 7.00. The van der Waals surface area contributed by atoms with Gasteiger partial charge >= 0.3 is 0 Å². The van der Waals surface area contributed by atoms with Crippen LogP contribution >= 0.6 is 0 Å². The van der Waals surface area contributed by atoms with E-state index in [0.29, 0.717) is 36.9 Å². The highest BCUT2D eigenvalue weighted by atomic mass is 16.2. The van der Waals surface area contributed by atoms with E-state index in [1.807, 2.05) is 0 Å². The molecule has 1 aromatic heterocycles. The SMILES string of the molecule is CC(CC(=O)NCCNC(=O)c1cccnc1)C1CCNCC1. The smallest absolute Gasteiger partial charge is 0.252 e. The van der Waals surface area contributed by atoms with Crippen LogP contribution < -0.4 is 16.0 Å². The Morgan fingerprint density at radius 2 is 2.04 bits per heavy atom. The molecule has 23 heavy (non-hydrogen) atoms. The lowest BCUT2D eigenvalue weighted by atomic mass is 9.84. The fourth-order valence-corrected chi connectivity index (χ4v) is 2.92. The summed E-state index contributed by atoms with van der Waals surface area (Å²) in [5.41, 5.74) is 0.526. The van der Waals surface area contributed by atoms with Crippen molar-refractivity contribution in [2.24, 2.45) is 11.8 Å². The highest BCUT2D eigenvalue weighted by molar-refractivity contribution is 5.93. The summed E-state index contributed by atoms with van der Waals surface area (Å²) in [6, 6.07) is 3.43. The molecule has 1 aliphatic heterocycles. The third kappa shape index (κ3) is 5.98. The molecule has 1 saturated heterocycles. The Balaban J connectivity index is 1.60. The molecule has 6 heteroatoms. The van der Waals surface area contributed by atoms with Gasteiger partial charge in [0.25, 0.3) is 5.91 Å². The van der Waals surface area contributed by atoms with Crippen LogP contribution in [0.1, 0.15) is 36.5 Å². The van der Waals surface area contributed by atoms with Crippen LogP contribution in [0.2, 0.25) is 0 Å². The first kappa shape index (κ1) is 17.4. The number of amides is 2. The number of rotatable bonds is 7. The summed E-state index contributed by atoms with van der Waals surface area (Å²) in [6.45, 7) is 5.12. The topological polar surface area (TPSA) is 83.1 Å². The maximum atomic E-state index is 12.0. The molecular formula is C17H26N4O2. The molecule has 6 nitrogen and oxygen atoms in total. The van der Waals surface area contributed by atoms with Gasteiger partial charge in [-0.25, -0.2) is 0 Å². The number of nitrogens with one attached hydrogen (secondary N) is 3. The summed E-state index contributed by atoms with van der Waals surface area (Å²) in [5, 5.41) is 8.99. The van der Waals surface area contributed by atoms with E-state index in [9.17, 15) is 9.59 Å². The molecule has 0 spiro atoms. The van der Waals surface area contributed by atoms with Gasteiger partial charge < -0.3 is 16.0 Å². The van der Waals surface area contributed by atoms with Gasteiger partial charge in [0.05, 0.1) is 5.56 Å². The van der Waals surface area contributed by atoms with Crippen molar-refractivity contribution >= 4 is 11.8 Å². The maximum Gasteiger partial charge on any atom is 0.252 e. The first-order valence-electron chi connectivity index (χ1n) is 8.32. The lowest BCUT2D eigenvalue weighted by molar-refractivity contribution is -0.122. The van der Waals surface area contributed by atoms with E-state index < -0.39 is 0 Å². The van der Waals surface area contributed by atoms with Gasteiger partial charge in [-0.2, -0.15) is 0 Å². The standard InChI is InChI=1S/C17H26N4O2/c1-13(14-4-7-18-8-5-14)11-16(22)20-9-10-21-17(23)15-3-2-6-19-12-15/h2-3,6,12-14,18H,4-5,7-11H2,1H3,(H,20,22)(H,21,23). The number of carbonyl (C=O) groups excluding carboxylic acids is 2. The van der Waals surface area contributed by atoms with E-state index in [1.54, 1.807) is 18.3 Å². The van der Waals surface area contributed by atoms with Crippen molar-refractivity contribution in [2.45, 2.75) is 26.2 Å². The third-order valence-electron chi connectivity index (χ3n) is 4.35. The lowest BCUT2D eigenvalue weighted by Gasteiger charge is -2.27. The second kappa shape index (κ2) is 9.25. The van der Waals surface area contributed by atoms with Gasteiger partial charge in [-0.1, -0.05) is 6.92 Å². The minimum Gasteiger partial charge on any atom is -0.354 e. The molecule has 1 aromatic rings. The predicted octanol–water partition coefficient (Wildman–Crippen LogP) is 0.953. The van der Waals surface area contributed by atoms with Crippen molar-refractivity contribution in [1.82, 2.24) is 20.9 Å². The van der Waals surface area contributed by atoms with Crippen molar-refractivity contribution in [2.75, 3.05) is 26.2 Å². The molecule has 3 N–H and O–H groups in total. The Labute approximate surface area is 137 Å². The van der Waals surface area contributed by atoms with Gasteiger partial charge in [0.1, 0.15) is 0 Å². The van der Waals surface area contributed by atoms with Crippen molar-refractivity contribution in [3.8, 4) is 0 Å². The minimum atomic E-state index is -0.171. The number of carbonyl (C=O) groups is 2. The number of hydrogen-bond donors (Lipinski definition) is 3. The van der Waals surface area contributed by atoms with Crippen molar-refractivity contribution in [1.29, 1.82) is 0 Å². The number of hydrogen-bond acceptors (Lipinski definition) is 4. The summed E-state index contributed by atoms with van der Waals surface area (Å²) in [4.78, 5) is 27.7. The Morgan fingerprint density at radius 1 is 1.30 bits per heavy atom. The van der Waals surface area contributed by atoms with Gasteiger partial charge in [0.2, 0.25) is 5.91 Å². The first-order chi connectivity index (χ1) is 11.2. The van der Waals surface area contributed by atoms with Gasteiger partial charge in [-0.3, -0.25) is 14.6 Å². The molecule has 1 atom stereocenters. The zero-order valence-electron chi connectivity index (χ0n) is 13.7. The molecule has 2 heterocycles. The highest BCUT2D eigenvalue weighted by Gasteiger charge is 2.21. The van der Waals surface area contributed by atoms with Crippen LogP contribution in [0, 0.1) is 11.8 Å². The quantitative estimate of drug-likeness (QED) is 0.654. The Hall–Kier alpha value is -1.95. The summed E-state index contributed by atoms with van der Waals surface area (Å²) in [5.74, 6) is 0.927. The van der Waals surface area contributed by atoms with Crippen molar-refractivity contribution < 1.29 is 9.59 Å². The molecule has 1 fully saturated rings. The van der Waals surface area contributed by atoms with Crippen molar-refractivity contribution in [3.05, 3.63) is 30.1 Å². The number of piperidine rings is 1. The molecule has 1 aliphatic rings. The second-order valence-electron chi connectivity index (χ2n) is 6.12. The van der Waals surface area contributed by atoms with E-state index >= 15 is 0 Å². The van der Waals surface area contributed by atoms with Crippen LogP contribution in [0.15, 0.2) is 24.5 Å². The molecule has 0 bridgehead atoms. The summed E-state index contributed by atoms with van der Waals surface area (Å²) in [7, 11) is 0. The summed E-state index contributed by atoms with van der Waals surface area (Å²) < 4.78 is 0. The number of nitrogens with zero attached hydrogens (tertiary/aromatic N) is 1. The fraction of sp³-hybridized carbons (Fsp3) is 0.588. The van der Waals surface area contributed by atoms with Crippen LogP contribution in [-0.2, 0) is 4.79 Å². The van der Waals surface area contributed by atoms with Gasteiger partial charge in [-0.05, 0) is 49.9 Å². The molecule has 0 saturated carbocycles. The van der Waals surface area contributed by atoms with Gasteiger partial charge in [0, 0.05) is 31.9 Å². The van der Waals surface area contributed by atoms with E-state index in [4.69, 9.17) is 0 Å². The van der Waals surface area contributed by atoms with Crippen molar-refractivity contribution in [3.63, 3.8) is 0 Å². The largest absolute Gasteiger partial charge is 0.354 e. The predicted molar refractivity (Wildman–Crippen MR) is 89.0 cm³/mol. The normalized spacial score (nSPS) is 16.6. The molecule has 0 aliphatic carbocycles. The second-order valence-corrected chi connectivity index (χ2v) is 6.12. The Morgan fingerprint density at radius 3 is 2.74 bits per heavy atom. The molecule has 2 amide bonds. The van der Waals surface area contributed by atoms with E-state index in [2.05, 4.69) is 27.9 Å². The lowest BCUT2D eigenvalue weighted by Crippen LogP contribution is -2.37. The molecule has 1 unspecified atom stereocenters. The minimum absolute atomic E-state index is 0.0617. The van der Waals surface area contributed by atoms with Crippen LogP contribution in [0.25, 0.3) is 0 Å². The molecule has 0 aromatic carbocycles. The van der Waals surface area contributed by atoms with E-state index in [0.717, 1.165) is 25.9 Å². The van der Waals surface area contributed by atoms with E-state index in [1.165, 1.54) is 6.20 Å². The van der Waals surface area contributed by atoms with Crippen LogP contribution in [0.3, 0.4) is 0 Å². The van der Waals surface area contributed by atoms with Crippen LogP contribution in [0.4, 0.5) is 0 Å². The average Bonchev–Trinajstić information content (AvgIpc) is 2.60. The fourth-order valence-electron chi connectivity index (χ4n) is 2.92. The third-order valence-corrected chi connectivity index (χ3v) is 4.35. The Bertz CT molecular complexity index is 501. The number of aromatic nitrogens is 1. The zero-order chi connectivity index (χ0) is 16.5. The van der Waals surface area contributed by atoms with Crippen LogP contribution in [-0.4, -0.2) is 43.0 Å². The highest BCUT2D eigenvalue weighted by Crippen LogP contribution is 2.23. The van der Waals surface area contributed by atoms with E-state index in [-0.39, 0.29) is 11.8 Å². The van der Waals surface area contributed by atoms with Gasteiger partial charge in [-0.15, -0.1) is 0 Å². The molecule has 0 radical (unpaired) electrons.